The van der Waals surface area contributed by atoms with E-state index in [-0.39, 0.29) is 0 Å². The second kappa shape index (κ2) is 10.3. The molecule has 5 heteroatoms. The predicted molar refractivity (Wildman–Crippen MR) is 121 cm³/mol. The third-order valence-electron chi connectivity index (χ3n) is 4.26. The zero-order valence-electron chi connectivity index (χ0n) is 15.7. The number of para-hydroxylation sites is 3. The average molecular weight is 397 g/mol. The van der Waals surface area contributed by atoms with E-state index in [1.165, 1.54) is 16.3 Å². The Labute approximate surface area is 165 Å². The highest BCUT2D eigenvalue weighted by molar-refractivity contribution is 7.48. The van der Waals surface area contributed by atoms with Crippen molar-refractivity contribution < 1.29 is 9.47 Å². The number of nitrogens with zero attached hydrogens (tertiary/aromatic N) is 1. The molecule has 2 unspecified atom stereocenters. The minimum atomic E-state index is 0.655. The average Bonchev–Trinajstić information content (AvgIpc) is 2.75. The zero-order chi connectivity index (χ0) is 18.9. The molecule has 0 aliphatic carbocycles. The summed E-state index contributed by atoms with van der Waals surface area (Å²) >= 11 is 0. The van der Waals surface area contributed by atoms with Gasteiger partial charge in [-0.15, -0.1) is 0 Å². The van der Waals surface area contributed by atoms with Crippen molar-refractivity contribution in [2.24, 2.45) is 0 Å². The maximum Gasteiger partial charge on any atom is 0.126 e. The maximum atomic E-state index is 5.52. The molecule has 140 valence electrons. The van der Waals surface area contributed by atoms with Gasteiger partial charge in [0.2, 0.25) is 0 Å². The van der Waals surface area contributed by atoms with E-state index in [2.05, 4.69) is 59.5 Å². The number of hydrogen-bond acceptors (Lipinski definition) is 3. The summed E-state index contributed by atoms with van der Waals surface area (Å²) in [4.78, 5) is 2.45. The van der Waals surface area contributed by atoms with E-state index in [0.29, 0.717) is 17.2 Å². The summed E-state index contributed by atoms with van der Waals surface area (Å²) in [5, 5.41) is 2.53. The first kappa shape index (κ1) is 19.7. The van der Waals surface area contributed by atoms with Crippen LogP contribution in [0.15, 0.2) is 78.9 Å². The third-order valence-corrected chi connectivity index (χ3v) is 6.92. The van der Waals surface area contributed by atoms with Gasteiger partial charge in [0.1, 0.15) is 11.5 Å². The molecule has 3 rings (SSSR count). The Hall–Kier alpha value is -2.08. The fourth-order valence-corrected chi connectivity index (χ4v) is 5.50. The van der Waals surface area contributed by atoms with Gasteiger partial charge in [0.15, 0.2) is 0 Å². The summed E-state index contributed by atoms with van der Waals surface area (Å²) in [6.45, 7) is 0. The van der Waals surface area contributed by atoms with Gasteiger partial charge < -0.3 is 14.4 Å². The molecule has 0 bridgehead atoms. The van der Waals surface area contributed by atoms with E-state index in [1.807, 2.05) is 24.3 Å². The smallest absolute Gasteiger partial charge is 0.126 e. The van der Waals surface area contributed by atoms with Crippen LogP contribution >= 0.6 is 17.2 Å². The van der Waals surface area contributed by atoms with Gasteiger partial charge >= 0.3 is 0 Å². The molecule has 0 aliphatic heterocycles. The van der Waals surface area contributed by atoms with Crippen LogP contribution in [-0.4, -0.2) is 26.8 Å². The van der Waals surface area contributed by atoms with E-state index >= 15 is 0 Å². The molecule has 0 amide bonds. The molecule has 0 aromatic heterocycles. The summed E-state index contributed by atoms with van der Waals surface area (Å²) in [7, 11) is 4.79. The molecule has 3 nitrogen and oxygen atoms in total. The molecule has 0 saturated heterocycles. The number of rotatable bonds is 9. The largest absolute Gasteiger partial charge is 0.496 e. The van der Waals surface area contributed by atoms with Crippen LogP contribution in [0.25, 0.3) is 0 Å². The molecule has 3 aromatic rings. The molecule has 0 N–H and O–H groups in total. The van der Waals surface area contributed by atoms with Gasteiger partial charge in [-0.1, -0.05) is 71.8 Å². The molecule has 27 heavy (non-hydrogen) atoms. The molecule has 0 spiro atoms. The highest BCUT2D eigenvalue weighted by atomic mass is 31.1. The van der Waals surface area contributed by atoms with Crippen LogP contribution in [0.1, 0.15) is 0 Å². The van der Waals surface area contributed by atoms with E-state index in [4.69, 9.17) is 9.47 Å². The van der Waals surface area contributed by atoms with Crippen LogP contribution < -0.4 is 25.0 Å². The van der Waals surface area contributed by atoms with Crippen molar-refractivity contribution >= 4 is 33.5 Å². The number of hydrogen-bond donors (Lipinski definition) is 0. The lowest BCUT2D eigenvalue weighted by Gasteiger charge is -2.25. The first-order chi connectivity index (χ1) is 13.3. The quantitative estimate of drug-likeness (QED) is 0.499. The molecule has 2 atom stereocenters. The Bertz CT molecular complexity index is 791. The van der Waals surface area contributed by atoms with Gasteiger partial charge in [0.05, 0.1) is 14.2 Å². The molecule has 0 aliphatic rings. The summed E-state index contributed by atoms with van der Waals surface area (Å²) in [5.41, 5.74) is 1.25. The minimum Gasteiger partial charge on any atom is -0.496 e. The Balaban J connectivity index is 1.73. The summed E-state index contributed by atoms with van der Waals surface area (Å²) in [5.74, 6) is 1.94. The highest BCUT2D eigenvalue weighted by Gasteiger charge is 2.10. The van der Waals surface area contributed by atoms with Crippen molar-refractivity contribution in [1.29, 1.82) is 0 Å². The highest BCUT2D eigenvalue weighted by Crippen LogP contribution is 2.28. The second-order valence-electron chi connectivity index (χ2n) is 5.95. The molecule has 3 aromatic carbocycles. The van der Waals surface area contributed by atoms with Crippen LogP contribution in [0.5, 0.6) is 11.5 Å². The van der Waals surface area contributed by atoms with Crippen LogP contribution in [0.3, 0.4) is 0 Å². The van der Waals surface area contributed by atoms with Crippen molar-refractivity contribution in [3.05, 3.63) is 78.9 Å². The van der Waals surface area contributed by atoms with E-state index in [1.54, 1.807) is 14.2 Å². The lowest BCUT2D eigenvalue weighted by atomic mass is 10.3. The lowest BCUT2D eigenvalue weighted by molar-refractivity contribution is 0.418. The molecule has 0 saturated carbocycles. The molecular weight excluding hydrogens is 372 g/mol. The Morgan fingerprint density at radius 3 is 1.56 bits per heavy atom. The monoisotopic (exact) mass is 397 g/mol. The zero-order valence-corrected chi connectivity index (χ0v) is 17.7. The van der Waals surface area contributed by atoms with Crippen LogP contribution in [0.4, 0.5) is 5.69 Å². The minimum absolute atomic E-state index is 0.655. The molecular formula is C22H25NO2P2. The summed E-state index contributed by atoms with van der Waals surface area (Å²) in [6, 6.07) is 27.2. The maximum absolute atomic E-state index is 5.52. The third kappa shape index (κ3) is 5.45. The van der Waals surface area contributed by atoms with Gasteiger partial charge in [0.25, 0.3) is 0 Å². The van der Waals surface area contributed by atoms with Crippen molar-refractivity contribution in [3.8, 4) is 11.5 Å². The van der Waals surface area contributed by atoms with Gasteiger partial charge in [0, 0.05) is 28.9 Å². The van der Waals surface area contributed by atoms with Gasteiger partial charge in [-0.05, 0) is 24.3 Å². The SMILES string of the molecule is COc1ccccc1PCN(CPc1ccccc1OC)c1ccccc1. The fraction of sp³-hybridized carbons (Fsp3) is 0.182. The van der Waals surface area contributed by atoms with Crippen LogP contribution in [-0.2, 0) is 0 Å². The van der Waals surface area contributed by atoms with Crippen molar-refractivity contribution in [2.75, 3.05) is 31.7 Å². The molecule has 0 heterocycles. The van der Waals surface area contributed by atoms with Crippen LogP contribution in [0.2, 0.25) is 0 Å². The van der Waals surface area contributed by atoms with E-state index in [9.17, 15) is 0 Å². The van der Waals surface area contributed by atoms with Crippen molar-refractivity contribution in [1.82, 2.24) is 0 Å². The summed E-state index contributed by atoms with van der Waals surface area (Å²) in [6.07, 6.45) is 1.93. The topological polar surface area (TPSA) is 21.7 Å². The van der Waals surface area contributed by atoms with Crippen molar-refractivity contribution in [3.63, 3.8) is 0 Å². The summed E-state index contributed by atoms with van der Waals surface area (Å²) < 4.78 is 11.0. The Kier molecular flexibility index (Phi) is 7.51. The van der Waals surface area contributed by atoms with Gasteiger partial charge in [-0.3, -0.25) is 0 Å². The first-order valence-corrected chi connectivity index (χ1v) is 11.3. The lowest BCUT2D eigenvalue weighted by Crippen LogP contribution is -2.23. The van der Waals surface area contributed by atoms with Gasteiger partial charge in [-0.25, -0.2) is 0 Å². The van der Waals surface area contributed by atoms with Crippen LogP contribution in [0, 0.1) is 0 Å². The molecule has 0 fully saturated rings. The number of anilines is 1. The van der Waals surface area contributed by atoms with E-state index < -0.39 is 0 Å². The first-order valence-electron chi connectivity index (χ1n) is 8.85. The molecule has 0 radical (unpaired) electrons. The van der Waals surface area contributed by atoms with Gasteiger partial charge in [-0.2, -0.15) is 0 Å². The second-order valence-corrected chi connectivity index (χ2v) is 8.36. The normalized spacial score (nSPS) is 11.3. The standard InChI is InChI=1S/C22H25NO2P2/c1-24-19-12-6-8-14-21(19)26-16-23(18-10-4-3-5-11-18)17-27-22-15-9-7-13-20(22)25-2/h3-15,26-27H,16-17H2,1-2H3. The van der Waals surface area contributed by atoms with E-state index in [0.717, 1.165) is 24.1 Å². The fourth-order valence-electron chi connectivity index (χ4n) is 2.82. The Morgan fingerprint density at radius 1 is 0.630 bits per heavy atom. The Morgan fingerprint density at radius 2 is 1.07 bits per heavy atom. The number of methoxy groups -OCH3 is 2. The number of ether oxygens (including phenoxy) is 2. The predicted octanol–water partition coefficient (Wildman–Crippen LogP) is 4.43. The van der Waals surface area contributed by atoms with Crippen molar-refractivity contribution in [2.45, 2.75) is 0 Å². The number of benzene rings is 3.